The molecule has 0 saturated carbocycles. The number of hydrogen-bond acceptors (Lipinski definition) is 7. The van der Waals surface area contributed by atoms with Gasteiger partial charge in [0, 0.05) is 23.7 Å². The molecule has 2 aromatic carbocycles. The number of methoxy groups -OCH3 is 1. The van der Waals surface area contributed by atoms with E-state index in [0.717, 1.165) is 51.2 Å². The molecule has 1 aliphatic heterocycles. The van der Waals surface area contributed by atoms with E-state index in [0.29, 0.717) is 12.3 Å². The van der Waals surface area contributed by atoms with Crippen molar-refractivity contribution in [3.05, 3.63) is 60.4 Å². The number of fused-ring (bicyclic) bond motifs is 2. The van der Waals surface area contributed by atoms with Crippen LogP contribution in [0.15, 0.2) is 64.4 Å². The monoisotopic (exact) mass is 444 g/mol. The summed E-state index contributed by atoms with van der Waals surface area (Å²) in [5.74, 6) is 0.758. The Morgan fingerprint density at radius 1 is 1.09 bits per heavy atom. The lowest BCUT2D eigenvalue weighted by atomic mass is 10.1. The molecule has 2 aromatic heterocycles. The van der Waals surface area contributed by atoms with Crippen molar-refractivity contribution < 1.29 is 14.0 Å². The number of aromatic nitrogens is 1. The van der Waals surface area contributed by atoms with Crippen LogP contribution in [0.4, 0.5) is 11.4 Å². The third kappa shape index (κ3) is 4.64. The fourth-order valence-electron chi connectivity index (χ4n) is 4.22. The van der Waals surface area contributed by atoms with Crippen molar-refractivity contribution in [3.8, 4) is 5.75 Å². The molecule has 4 aromatic rings. The molecule has 1 aliphatic rings. The molecule has 7 nitrogen and oxygen atoms in total. The van der Waals surface area contributed by atoms with Gasteiger partial charge in [0.2, 0.25) is 5.71 Å². The van der Waals surface area contributed by atoms with Gasteiger partial charge >= 0.3 is 0 Å². The highest BCUT2D eigenvalue weighted by atomic mass is 16.6. The smallest absolute Gasteiger partial charge is 0.228 e. The molecule has 1 N–H and O–H groups in total. The molecule has 0 bridgehead atoms. The molecule has 7 heteroatoms. The van der Waals surface area contributed by atoms with Gasteiger partial charge in [-0.05, 0) is 68.8 Å². The molecule has 33 heavy (non-hydrogen) atoms. The maximum absolute atomic E-state index is 5.58. The summed E-state index contributed by atoms with van der Waals surface area (Å²) in [5, 5.41) is 9.77. The molecule has 0 aliphatic carbocycles. The second-order valence-corrected chi connectivity index (χ2v) is 8.27. The zero-order chi connectivity index (χ0) is 22.6. The van der Waals surface area contributed by atoms with Crippen molar-refractivity contribution >= 4 is 39.1 Å². The van der Waals surface area contributed by atoms with Crippen LogP contribution in [0.2, 0.25) is 0 Å². The summed E-state index contributed by atoms with van der Waals surface area (Å²) in [6.07, 6.45) is 4.24. The first kappa shape index (κ1) is 21.3. The Morgan fingerprint density at radius 3 is 2.70 bits per heavy atom. The van der Waals surface area contributed by atoms with Gasteiger partial charge in [0.1, 0.15) is 12.4 Å². The summed E-state index contributed by atoms with van der Waals surface area (Å²) in [6.45, 7) is 5.88. The van der Waals surface area contributed by atoms with E-state index in [1.54, 1.807) is 13.4 Å². The minimum Gasteiger partial charge on any atom is -0.497 e. The third-order valence-electron chi connectivity index (χ3n) is 6.08. The first-order chi connectivity index (χ1) is 16.2. The fraction of sp³-hybridized carbons (Fsp3) is 0.308. The Balaban J connectivity index is 1.32. The average molecular weight is 445 g/mol. The molecule has 0 unspecified atom stereocenters. The van der Waals surface area contributed by atoms with Crippen LogP contribution in [0.3, 0.4) is 0 Å². The number of likely N-dealkylation sites (tertiary alicyclic amines) is 1. The second kappa shape index (κ2) is 9.50. The third-order valence-corrected chi connectivity index (χ3v) is 6.08. The van der Waals surface area contributed by atoms with Gasteiger partial charge in [-0.2, -0.15) is 0 Å². The molecule has 0 spiro atoms. The first-order valence-corrected chi connectivity index (χ1v) is 11.3. The highest BCUT2D eigenvalue weighted by molar-refractivity contribution is 6.07. The van der Waals surface area contributed by atoms with Gasteiger partial charge in [-0.1, -0.05) is 17.3 Å². The van der Waals surface area contributed by atoms with Crippen LogP contribution in [0.5, 0.6) is 5.75 Å². The lowest BCUT2D eigenvalue weighted by Crippen LogP contribution is -2.23. The molecule has 170 valence electrons. The SMILES string of the molecule is COc1ccc2c(Nc3ccc(C(C)=NOCCN4CCCC4)cc3)c3ccoc3nc2c1. The second-order valence-electron chi connectivity index (χ2n) is 8.27. The van der Waals surface area contributed by atoms with Gasteiger partial charge in [-0.25, -0.2) is 4.98 Å². The predicted octanol–water partition coefficient (Wildman–Crippen LogP) is 5.57. The van der Waals surface area contributed by atoms with Gasteiger partial charge in [0.25, 0.3) is 0 Å². The number of ether oxygens (including phenoxy) is 1. The molecule has 0 radical (unpaired) electrons. The minimum absolute atomic E-state index is 0.587. The lowest BCUT2D eigenvalue weighted by molar-refractivity contribution is 0.119. The minimum atomic E-state index is 0.587. The maximum atomic E-state index is 5.58. The largest absolute Gasteiger partial charge is 0.497 e. The van der Waals surface area contributed by atoms with E-state index in [4.69, 9.17) is 14.0 Å². The van der Waals surface area contributed by atoms with Crippen LogP contribution >= 0.6 is 0 Å². The van der Waals surface area contributed by atoms with Crippen LogP contribution in [0.25, 0.3) is 22.0 Å². The van der Waals surface area contributed by atoms with Crippen molar-refractivity contribution in [1.29, 1.82) is 0 Å². The van der Waals surface area contributed by atoms with Gasteiger partial charge in [0.05, 0.1) is 35.7 Å². The van der Waals surface area contributed by atoms with Crippen molar-refractivity contribution in [2.24, 2.45) is 5.16 Å². The number of hydrogen-bond donors (Lipinski definition) is 1. The summed E-state index contributed by atoms with van der Waals surface area (Å²) in [6, 6.07) is 16.0. The number of furan rings is 1. The molecule has 0 amide bonds. The molecule has 1 saturated heterocycles. The Bertz CT molecular complexity index is 1270. The summed E-state index contributed by atoms with van der Waals surface area (Å²) in [7, 11) is 1.65. The van der Waals surface area contributed by atoms with Gasteiger partial charge in [0.15, 0.2) is 0 Å². The summed E-state index contributed by atoms with van der Waals surface area (Å²) in [4.78, 5) is 12.6. The van der Waals surface area contributed by atoms with Crippen LogP contribution in [0, 0.1) is 0 Å². The summed E-state index contributed by atoms with van der Waals surface area (Å²) < 4.78 is 10.9. The number of rotatable bonds is 8. The van der Waals surface area contributed by atoms with E-state index in [-0.39, 0.29) is 0 Å². The van der Waals surface area contributed by atoms with E-state index >= 15 is 0 Å². The maximum Gasteiger partial charge on any atom is 0.228 e. The van der Waals surface area contributed by atoms with Gasteiger partial charge in [-0.15, -0.1) is 0 Å². The molecule has 5 rings (SSSR count). The lowest BCUT2D eigenvalue weighted by Gasteiger charge is -2.13. The number of anilines is 2. The van der Waals surface area contributed by atoms with Crippen molar-refractivity contribution in [2.75, 3.05) is 38.7 Å². The van der Waals surface area contributed by atoms with E-state index in [9.17, 15) is 0 Å². The van der Waals surface area contributed by atoms with E-state index in [2.05, 4.69) is 20.4 Å². The van der Waals surface area contributed by atoms with Crippen LogP contribution in [-0.4, -0.2) is 48.9 Å². The molecule has 0 atom stereocenters. The number of nitrogens with zero attached hydrogens (tertiary/aromatic N) is 3. The number of benzene rings is 2. The quantitative estimate of drug-likeness (QED) is 0.218. The molecular formula is C26H28N4O3. The average Bonchev–Trinajstić information content (AvgIpc) is 3.53. The van der Waals surface area contributed by atoms with E-state index < -0.39 is 0 Å². The predicted molar refractivity (Wildman–Crippen MR) is 132 cm³/mol. The highest BCUT2D eigenvalue weighted by Gasteiger charge is 2.13. The Hall–Kier alpha value is -3.58. The summed E-state index contributed by atoms with van der Waals surface area (Å²) in [5.41, 5.74) is 5.21. The number of oxime groups is 1. The zero-order valence-corrected chi connectivity index (χ0v) is 19.0. The van der Waals surface area contributed by atoms with Crippen LogP contribution in [0.1, 0.15) is 25.3 Å². The van der Waals surface area contributed by atoms with Crippen molar-refractivity contribution in [1.82, 2.24) is 9.88 Å². The Morgan fingerprint density at radius 2 is 1.91 bits per heavy atom. The van der Waals surface area contributed by atoms with Crippen molar-refractivity contribution in [3.63, 3.8) is 0 Å². The van der Waals surface area contributed by atoms with Crippen molar-refractivity contribution in [2.45, 2.75) is 19.8 Å². The standard InChI is InChI=1S/C26H28N4O3/c1-18(29-33-16-14-30-12-3-4-13-30)19-5-7-20(8-6-19)27-25-22-10-9-21(31-2)17-24(22)28-26-23(25)11-15-32-26/h5-11,15,17H,3-4,12-14,16H2,1-2H3,(H,27,28). The number of pyridine rings is 1. The summed E-state index contributed by atoms with van der Waals surface area (Å²) >= 11 is 0. The number of nitrogens with one attached hydrogen (secondary N) is 1. The van der Waals surface area contributed by atoms with E-state index in [1.807, 2.05) is 55.5 Å². The zero-order valence-electron chi connectivity index (χ0n) is 19.0. The Labute approximate surface area is 193 Å². The molecule has 1 fully saturated rings. The first-order valence-electron chi connectivity index (χ1n) is 11.3. The van der Waals surface area contributed by atoms with Gasteiger partial charge in [-0.3, -0.25) is 4.90 Å². The van der Waals surface area contributed by atoms with E-state index in [1.165, 1.54) is 25.9 Å². The molecular weight excluding hydrogens is 416 g/mol. The van der Waals surface area contributed by atoms with Crippen LogP contribution < -0.4 is 10.1 Å². The van der Waals surface area contributed by atoms with Gasteiger partial charge < -0.3 is 19.3 Å². The normalized spacial score (nSPS) is 14.8. The Kier molecular flexibility index (Phi) is 6.13. The fourth-order valence-corrected chi connectivity index (χ4v) is 4.22. The molecule has 3 heterocycles. The highest BCUT2D eigenvalue weighted by Crippen LogP contribution is 2.35. The van der Waals surface area contributed by atoms with Crippen LogP contribution in [-0.2, 0) is 4.84 Å². The topological polar surface area (TPSA) is 72.1 Å².